The number of likely N-dealkylation sites (tertiary alicyclic amines) is 1. The molecule has 4 heteroatoms. The summed E-state index contributed by atoms with van der Waals surface area (Å²) in [5.74, 6) is 0.920. The molecule has 0 spiro atoms. The Labute approximate surface area is 115 Å². The van der Waals surface area contributed by atoms with Gasteiger partial charge in [-0.1, -0.05) is 19.3 Å². The molecule has 2 rings (SSSR count). The van der Waals surface area contributed by atoms with Gasteiger partial charge in [0.2, 0.25) is 0 Å². The SMILES string of the molecule is CCNc1cc(C(=O)N2CCCCCCC2)ccn1. The highest BCUT2D eigenvalue weighted by Crippen LogP contribution is 2.15. The van der Waals surface area contributed by atoms with E-state index >= 15 is 0 Å². The summed E-state index contributed by atoms with van der Waals surface area (Å²) in [6.45, 7) is 4.61. The minimum absolute atomic E-state index is 0.142. The smallest absolute Gasteiger partial charge is 0.254 e. The number of carbonyl (C=O) groups excluding carboxylic acids is 1. The molecule has 0 aliphatic carbocycles. The van der Waals surface area contributed by atoms with Crippen LogP contribution in [0.1, 0.15) is 49.4 Å². The van der Waals surface area contributed by atoms with Gasteiger partial charge in [0.25, 0.3) is 5.91 Å². The zero-order valence-corrected chi connectivity index (χ0v) is 11.7. The quantitative estimate of drug-likeness (QED) is 0.910. The molecule has 0 saturated carbocycles. The third-order valence-corrected chi connectivity index (χ3v) is 3.51. The van der Waals surface area contributed by atoms with Crippen molar-refractivity contribution in [1.29, 1.82) is 0 Å². The molecule has 0 atom stereocenters. The Bertz CT molecular complexity index is 412. The Balaban J connectivity index is 2.06. The van der Waals surface area contributed by atoms with E-state index in [0.717, 1.165) is 43.9 Å². The third-order valence-electron chi connectivity index (χ3n) is 3.51. The molecule has 2 heterocycles. The summed E-state index contributed by atoms with van der Waals surface area (Å²) in [5.41, 5.74) is 0.742. The van der Waals surface area contributed by atoms with Crippen LogP contribution in [0.3, 0.4) is 0 Å². The topological polar surface area (TPSA) is 45.2 Å². The lowest BCUT2D eigenvalue weighted by Gasteiger charge is -2.25. The molecule has 1 aromatic heterocycles. The molecule has 1 amide bonds. The summed E-state index contributed by atoms with van der Waals surface area (Å²) in [7, 11) is 0. The van der Waals surface area contributed by atoms with Crippen molar-refractivity contribution >= 4 is 11.7 Å². The first-order valence-electron chi connectivity index (χ1n) is 7.30. The standard InChI is InChI=1S/C15H23N3O/c1-2-16-14-12-13(8-9-17-14)15(19)18-10-6-4-3-5-7-11-18/h8-9,12H,2-7,10-11H2,1H3,(H,16,17). The molecule has 1 aliphatic heterocycles. The number of aromatic nitrogens is 1. The van der Waals surface area contributed by atoms with Crippen LogP contribution in [0, 0.1) is 0 Å². The maximum Gasteiger partial charge on any atom is 0.254 e. The van der Waals surface area contributed by atoms with Gasteiger partial charge in [-0.25, -0.2) is 4.98 Å². The monoisotopic (exact) mass is 261 g/mol. The maximum absolute atomic E-state index is 12.5. The highest BCUT2D eigenvalue weighted by atomic mass is 16.2. The number of carbonyl (C=O) groups is 1. The molecule has 1 saturated heterocycles. The molecule has 1 N–H and O–H groups in total. The van der Waals surface area contributed by atoms with E-state index in [2.05, 4.69) is 10.3 Å². The summed E-state index contributed by atoms with van der Waals surface area (Å²) in [6.07, 6.45) is 7.73. The average Bonchev–Trinajstić information content (AvgIpc) is 2.38. The van der Waals surface area contributed by atoms with Gasteiger partial charge in [-0.3, -0.25) is 4.79 Å². The predicted molar refractivity (Wildman–Crippen MR) is 77.4 cm³/mol. The van der Waals surface area contributed by atoms with Crippen LogP contribution in [0.15, 0.2) is 18.3 Å². The Hall–Kier alpha value is -1.58. The van der Waals surface area contributed by atoms with Crippen molar-refractivity contribution in [2.45, 2.75) is 39.0 Å². The predicted octanol–water partition coefficient (Wildman–Crippen LogP) is 2.92. The lowest BCUT2D eigenvalue weighted by molar-refractivity contribution is 0.0742. The number of rotatable bonds is 3. The number of nitrogens with one attached hydrogen (secondary N) is 1. The van der Waals surface area contributed by atoms with Gasteiger partial charge < -0.3 is 10.2 Å². The van der Waals surface area contributed by atoms with Crippen LogP contribution in [-0.2, 0) is 0 Å². The summed E-state index contributed by atoms with van der Waals surface area (Å²) >= 11 is 0. The van der Waals surface area contributed by atoms with Crippen molar-refractivity contribution in [2.75, 3.05) is 25.0 Å². The van der Waals surface area contributed by atoms with E-state index in [-0.39, 0.29) is 5.91 Å². The van der Waals surface area contributed by atoms with Crippen LogP contribution in [0.25, 0.3) is 0 Å². The van der Waals surface area contributed by atoms with E-state index in [9.17, 15) is 4.79 Å². The Morgan fingerprint density at radius 2 is 1.95 bits per heavy atom. The van der Waals surface area contributed by atoms with Crippen LogP contribution in [0.2, 0.25) is 0 Å². The van der Waals surface area contributed by atoms with Crippen LogP contribution in [-0.4, -0.2) is 35.4 Å². The second kappa shape index (κ2) is 7.12. The fourth-order valence-corrected chi connectivity index (χ4v) is 2.47. The second-order valence-electron chi connectivity index (χ2n) is 5.02. The lowest BCUT2D eigenvalue weighted by atomic mass is 10.1. The highest BCUT2D eigenvalue weighted by Gasteiger charge is 2.16. The first-order valence-corrected chi connectivity index (χ1v) is 7.30. The number of hydrogen-bond acceptors (Lipinski definition) is 3. The van der Waals surface area contributed by atoms with Crippen LogP contribution < -0.4 is 5.32 Å². The highest BCUT2D eigenvalue weighted by molar-refractivity contribution is 5.94. The molecule has 1 aliphatic rings. The van der Waals surface area contributed by atoms with Crippen molar-refractivity contribution in [1.82, 2.24) is 9.88 Å². The first-order chi connectivity index (χ1) is 9.31. The van der Waals surface area contributed by atoms with Crippen molar-refractivity contribution in [3.05, 3.63) is 23.9 Å². The number of amides is 1. The van der Waals surface area contributed by atoms with Gasteiger partial charge in [0.15, 0.2) is 0 Å². The molecule has 1 fully saturated rings. The number of nitrogens with zero attached hydrogens (tertiary/aromatic N) is 2. The van der Waals surface area contributed by atoms with E-state index in [1.54, 1.807) is 6.20 Å². The Morgan fingerprint density at radius 1 is 1.26 bits per heavy atom. The summed E-state index contributed by atoms with van der Waals surface area (Å²) in [4.78, 5) is 18.7. The molecule has 1 aromatic rings. The van der Waals surface area contributed by atoms with Crippen LogP contribution in [0.4, 0.5) is 5.82 Å². The van der Waals surface area contributed by atoms with Gasteiger partial charge >= 0.3 is 0 Å². The molecule has 0 bridgehead atoms. The van der Waals surface area contributed by atoms with Gasteiger partial charge in [-0.05, 0) is 31.9 Å². The Morgan fingerprint density at radius 3 is 2.63 bits per heavy atom. The van der Waals surface area contributed by atoms with Gasteiger partial charge in [-0.2, -0.15) is 0 Å². The maximum atomic E-state index is 12.5. The van der Waals surface area contributed by atoms with Gasteiger partial charge in [-0.15, -0.1) is 0 Å². The van der Waals surface area contributed by atoms with E-state index < -0.39 is 0 Å². The van der Waals surface area contributed by atoms with Crippen LogP contribution >= 0.6 is 0 Å². The van der Waals surface area contributed by atoms with Gasteiger partial charge in [0.1, 0.15) is 5.82 Å². The zero-order valence-electron chi connectivity index (χ0n) is 11.7. The fourth-order valence-electron chi connectivity index (χ4n) is 2.47. The largest absolute Gasteiger partial charge is 0.370 e. The second-order valence-corrected chi connectivity index (χ2v) is 5.02. The fraction of sp³-hybridized carbons (Fsp3) is 0.600. The molecule has 4 nitrogen and oxygen atoms in total. The van der Waals surface area contributed by atoms with E-state index in [1.807, 2.05) is 24.0 Å². The molecular weight excluding hydrogens is 238 g/mol. The summed E-state index contributed by atoms with van der Waals surface area (Å²) in [6, 6.07) is 3.66. The van der Waals surface area contributed by atoms with Gasteiger partial charge in [0, 0.05) is 31.4 Å². The van der Waals surface area contributed by atoms with E-state index in [4.69, 9.17) is 0 Å². The minimum Gasteiger partial charge on any atom is -0.370 e. The van der Waals surface area contributed by atoms with Crippen molar-refractivity contribution in [3.8, 4) is 0 Å². The minimum atomic E-state index is 0.142. The van der Waals surface area contributed by atoms with Gasteiger partial charge in [0.05, 0.1) is 0 Å². The zero-order chi connectivity index (χ0) is 13.5. The average molecular weight is 261 g/mol. The number of anilines is 1. The van der Waals surface area contributed by atoms with Crippen molar-refractivity contribution in [2.24, 2.45) is 0 Å². The van der Waals surface area contributed by atoms with Crippen LogP contribution in [0.5, 0.6) is 0 Å². The van der Waals surface area contributed by atoms with Crippen molar-refractivity contribution in [3.63, 3.8) is 0 Å². The molecule has 0 aromatic carbocycles. The first kappa shape index (κ1) is 13.8. The number of hydrogen-bond donors (Lipinski definition) is 1. The van der Waals surface area contributed by atoms with Crippen molar-refractivity contribution < 1.29 is 4.79 Å². The van der Waals surface area contributed by atoms with E-state index in [0.29, 0.717) is 0 Å². The van der Waals surface area contributed by atoms with E-state index in [1.165, 1.54) is 19.3 Å². The summed E-state index contributed by atoms with van der Waals surface area (Å²) in [5, 5.41) is 3.15. The molecule has 104 valence electrons. The lowest BCUT2D eigenvalue weighted by Crippen LogP contribution is -2.33. The molecule has 0 radical (unpaired) electrons. The number of pyridine rings is 1. The Kier molecular flexibility index (Phi) is 5.19. The molecule has 0 unspecified atom stereocenters. The summed E-state index contributed by atoms with van der Waals surface area (Å²) < 4.78 is 0. The molecular formula is C15H23N3O. The third kappa shape index (κ3) is 3.94. The molecule has 19 heavy (non-hydrogen) atoms. The normalized spacial score (nSPS) is 16.6.